The van der Waals surface area contributed by atoms with Gasteiger partial charge in [-0.3, -0.25) is 4.68 Å². The fourth-order valence-corrected chi connectivity index (χ4v) is 2.53. The molecule has 0 atom stereocenters. The zero-order valence-corrected chi connectivity index (χ0v) is 11.1. The molecular weight excluding hydrogens is 264 g/mol. The molecule has 6 nitrogen and oxygen atoms in total. The second-order valence-corrected chi connectivity index (χ2v) is 5.67. The molecule has 98 valence electrons. The van der Waals surface area contributed by atoms with Crippen LogP contribution < -0.4 is 4.72 Å². The average molecular weight is 276 g/mol. The van der Waals surface area contributed by atoms with Gasteiger partial charge in [-0.15, -0.1) is 0 Å². The average Bonchev–Trinajstić information content (AvgIpc) is 2.82. The van der Waals surface area contributed by atoms with Crippen LogP contribution >= 0.6 is 0 Å². The molecule has 0 aliphatic rings. The van der Waals surface area contributed by atoms with Crippen molar-refractivity contribution in [2.24, 2.45) is 7.05 Å². The van der Waals surface area contributed by atoms with Crippen molar-refractivity contribution in [3.8, 4) is 6.07 Å². The van der Waals surface area contributed by atoms with Crippen LogP contribution in [0.25, 0.3) is 0 Å². The third kappa shape index (κ3) is 2.99. The number of aromatic nitrogens is 2. The molecular formula is C12H12N4O2S. The highest BCUT2D eigenvalue weighted by molar-refractivity contribution is 7.89. The third-order valence-corrected chi connectivity index (χ3v) is 4.08. The SMILES string of the molecule is Cn1nccc1CNS(=O)(=O)c1ccc(C#N)cc1. The first-order valence-electron chi connectivity index (χ1n) is 5.49. The Hall–Kier alpha value is -2.17. The highest BCUT2D eigenvalue weighted by Gasteiger charge is 2.14. The Morgan fingerprint density at radius 2 is 2.00 bits per heavy atom. The molecule has 1 N–H and O–H groups in total. The van der Waals surface area contributed by atoms with Crippen molar-refractivity contribution < 1.29 is 8.42 Å². The maximum Gasteiger partial charge on any atom is 0.240 e. The fraction of sp³-hybridized carbons (Fsp3) is 0.167. The highest BCUT2D eigenvalue weighted by Crippen LogP contribution is 2.10. The Labute approximate surface area is 111 Å². The number of rotatable bonds is 4. The van der Waals surface area contributed by atoms with Gasteiger partial charge in [0.05, 0.1) is 28.8 Å². The van der Waals surface area contributed by atoms with Gasteiger partial charge in [-0.1, -0.05) is 0 Å². The zero-order chi connectivity index (χ0) is 13.9. The van der Waals surface area contributed by atoms with Crippen molar-refractivity contribution in [3.63, 3.8) is 0 Å². The van der Waals surface area contributed by atoms with E-state index in [-0.39, 0.29) is 11.4 Å². The standard InChI is InChI=1S/C12H12N4O2S/c1-16-11(6-7-14-16)9-15-19(17,18)12-4-2-10(8-13)3-5-12/h2-7,15H,9H2,1H3. The third-order valence-electron chi connectivity index (χ3n) is 2.66. The maximum atomic E-state index is 12.0. The van der Waals surface area contributed by atoms with Crippen molar-refractivity contribution in [1.82, 2.24) is 14.5 Å². The minimum absolute atomic E-state index is 0.133. The Kier molecular flexibility index (Phi) is 3.64. The second-order valence-electron chi connectivity index (χ2n) is 3.91. The normalized spacial score (nSPS) is 11.2. The topological polar surface area (TPSA) is 87.8 Å². The summed E-state index contributed by atoms with van der Waals surface area (Å²) < 4.78 is 28.1. The van der Waals surface area contributed by atoms with Crippen LogP contribution in [0.2, 0.25) is 0 Å². The predicted molar refractivity (Wildman–Crippen MR) is 68.4 cm³/mol. The summed E-state index contributed by atoms with van der Waals surface area (Å²) in [6.07, 6.45) is 1.60. The van der Waals surface area contributed by atoms with Gasteiger partial charge < -0.3 is 0 Å². The Bertz CT molecular complexity index is 711. The fourth-order valence-electron chi connectivity index (χ4n) is 1.54. The van der Waals surface area contributed by atoms with Crippen LogP contribution in [0, 0.1) is 11.3 Å². The van der Waals surface area contributed by atoms with E-state index in [0.29, 0.717) is 5.56 Å². The summed E-state index contributed by atoms with van der Waals surface area (Å²) in [5, 5.41) is 12.6. The number of nitrogens with zero attached hydrogens (tertiary/aromatic N) is 3. The number of nitriles is 1. The summed E-state index contributed by atoms with van der Waals surface area (Å²) in [7, 11) is -1.84. The number of benzene rings is 1. The first-order valence-corrected chi connectivity index (χ1v) is 6.98. The molecule has 1 aromatic carbocycles. The molecule has 0 bridgehead atoms. The first kappa shape index (κ1) is 13.3. The Balaban J connectivity index is 2.14. The van der Waals surface area contributed by atoms with Crippen molar-refractivity contribution in [1.29, 1.82) is 5.26 Å². The highest BCUT2D eigenvalue weighted by atomic mass is 32.2. The van der Waals surface area contributed by atoms with Crippen molar-refractivity contribution in [3.05, 3.63) is 47.8 Å². The first-order chi connectivity index (χ1) is 9.03. The molecule has 0 saturated heterocycles. The lowest BCUT2D eigenvalue weighted by atomic mass is 10.2. The van der Waals surface area contributed by atoms with Gasteiger partial charge in [-0.25, -0.2) is 13.1 Å². The lowest BCUT2D eigenvalue weighted by Crippen LogP contribution is -2.24. The number of sulfonamides is 1. The predicted octanol–water partition coefficient (Wildman–Crippen LogP) is 0.770. The van der Waals surface area contributed by atoms with Gasteiger partial charge in [0.25, 0.3) is 0 Å². The molecule has 0 radical (unpaired) electrons. The van der Waals surface area contributed by atoms with Crippen LogP contribution in [0.1, 0.15) is 11.3 Å². The van der Waals surface area contributed by atoms with Crippen LogP contribution in [0.4, 0.5) is 0 Å². The Morgan fingerprint density at radius 3 is 2.53 bits per heavy atom. The van der Waals surface area contributed by atoms with E-state index in [4.69, 9.17) is 5.26 Å². The molecule has 0 aliphatic heterocycles. The molecule has 0 amide bonds. The van der Waals surface area contributed by atoms with Crippen molar-refractivity contribution in [2.45, 2.75) is 11.4 Å². The van der Waals surface area contributed by atoms with E-state index in [1.54, 1.807) is 24.0 Å². The zero-order valence-electron chi connectivity index (χ0n) is 10.2. The van der Waals surface area contributed by atoms with Crippen molar-refractivity contribution in [2.75, 3.05) is 0 Å². The van der Waals surface area contributed by atoms with E-state index in [9.17, 15) is 8.42 Å². The number of nitrogens with one attached hydrogen (secondary N) is 1. The second kappa shape index (κ2) is 5.22. The van der Waals surface area contributed by atoms with Gasteiger partial charge in [-0.05, 0) is 30.3 Å². The van der Waals surface area contributed by atoms with Gasteiger partial charge in [0, 0.05) is 13.2 Å². The van der Waals surface area contributed by atoms with E-state index in [1.165, 1.54) is 24.3 Å². The molecule has 2 rings (SSSR count). The van der Waals surface area contributed by atoms with E-state index in [2.05, 4.69) is 9.82 Å². The van der Waals surface area contributed by atoms with E-state index >= 15 is 0 Å². The number of hydrogen-bond donors (Lipinski definition) is 1. The Morgan fingerprint density at radius 1 is 1.32 bits per heavy atom. The smallest absolute Gasteiger partial charge is 0.240 e. The van der Waals surface area contributed by atoms with Crippen LogP contribution in [0.5, 0.6) is 0 Å². The number of aryl methyl sites for hydroxylation is 1. The van der Waals surface area contributed by atoms with Gasteiger partial charge in [0.2, 0.25) is 10.0 Å². The van der Waals surface area contributed by atoms with Gasteiger partial charge in [0.1, 0.15) is 0 Å². The summed E-state index contributed by atoms with van der Waals surface area (Å²) in [6.45, 7) is 0.166. The largest absolute Gasteiger partial charge is 0.271 e. The molecule has 7 heteroatoms. The quantitative estimate of drug-likeness (QED) is 0.893. The van der Waals surface area contributed by atoms with Crippen LogP contribution in [0.3, 0.4) is 0 Å². The lowest BCUT2D eigenvalue weighted by Gasteiger charge is -2.07. The van der Waals surface area contributed by atoms with Crippen LogP contribution in [-0.2, 0) is 23.6 Å². The van der Waals surface area contributed by atoms with Crippen molar-refractivity contribution >= 4 is 10.0 Å². The molecule has 0 fully saturated rings. The van der Waals surface area contributed by atoms with Gasteiger partial charge in [0.15, 0.2) is 0 Å². The number of hydrogen-bond acceptors (Lipinski definition) is 4. The van der Waals surface area contributed by atoms with E-state index in [0.717, 1.165) is 5.69 Å². The van der Waals surface area contributed by atoms with Crippen LogP contribution in [-0.4, -0.2) is 18.2 Å². The summed E-state index contributed by atoms with van der Waals surface area (Å²) in [5.74, 6) is 0. The molecule has 2 aromatic rings. The summed E-state index contributed by atoms with van der Waals surface area (Å²) in [4.78, 5) is 0.133. The summed E-state index contributed by atoms with van der Waals surface area (Å²) >= 11 is 0. The monoisotopic (exact) mass is 276 g/mol. The van der Waals surface area contributed by atoms with Gasteiger partial charge in [-0.2, -0.15) is 10.4 Å². The molecule has 1 aromatic heterocycles. The van der Waals surface area contributed by atoms with E-state index < -0.39 is 10.0 Å². The van der Waals surface area contributed by atoms with Gasteiger partial charge >= 0.3 is 0 Å². The molecule has 0 unspecified atom stereocenters. The summed E-state index contributed by atoms with van der Waals surface area (Å²) in [5.41, 5.74) is 1.18. The minimum atomic E-state index is -3.58. The van der Waals surface area contributed by atoms with Crippen LogP contribution in [0.15, 0.2) is 41.4 Å². The lowest BCUT2D eigenvalue weighted by molar-refractivity contribution is 0.577. The molecule has 0 spiro atoms. The molecule has 0 aliphatic carbocycles. The molecule has 19 heavy (non-hydrogen) atoms. The maximum absolute atomic E-state index is 12.0. The van der Waals surface area contributed by atoms with E-state index in [1.807, 2.05) is 6.07 Å². The molecule has 0 saturated carbocycles. The summed E-state index contributed by atoms with van der Waals surface area (Å²) in [6, 6.07) is 9.43. The molecule has 1 heterocycles. The minimum Gasteiger partial charge on any atom is -0.271 e.